The maximum Gasteiger partial charge on any atom is 0.166 e. The smallest absolute Gasteiger partial charge is 0.166 e. The van der Waals surface area contributed by atoms with E-state index < -0.39 is 0 Å². The quantitative estimate of drug-likeness (QED) is 0.393. The van der Waals surface area contributed by atoms with Gasteiger partial charge in [-0.15, -0.1) is 0 Å². The van der Waals surface area contributed by atoms with E-state index in [-0.39, 0.29) is 5.78 Å². The fourth-order valence-electron chi connectivity index (χ4n) is 1.88. The Morgan fingerprint density at radius 1 is 1.10 bits per heavy atom. The van der Waals surface area contributed by atoms with Crippen LogP contribution in [0.2, 0.25) is 0 Å². The molecule has 110 valence electrons. The Bertz CT molecular complexity index is 466. The molecule has 4 nitrogen and oxygen atoms in total. The van der Waals surface area contributed by atoms with Crippen LogP contribution < -0.4 is 9.47 Å². The van der Waals surface area contributed by atoms with E-state index in [0.29, 0.717) is 23.5 Å². The standard InChI is InChI=1S/C16H22O4/c1-12(18-2)7-5-6-8-15(17)14-11-13(19-3)9-10-16(14)20-4/h9-11H,1,5-8H2,2-4H3. The first kappa shape index (κ1) is 16.1. The van der Waals surface area contributed by atoms with Crippen LogP contribution in [-0.4, -0.2) is 27.1 Å². The number of hydrogen-bond acceptors (Lipinski definition) is 4. The molecule has 0 unspecified atom stereocenters. The van der Waals surface area contributed by atoms with Crippen molar-refractivity contribution in [1.82, 2.24) is 0 Å². The Morgan fingerprint density at radius 2 is 1.80 bits per heavy atom. The van der Waals surface area contributed by atoms with E-state index in [4.69, 9.17) is 14.2 Å². The van der Waals surface area contributed by atoms with Crippen molar-refractivity contribution in [3.05, 3.63) is 36.1 Å². The molecule has 0 saturated carbocycles. The molecular formula is C16H22O4. The van der Waals surface area contributed by atoms with Crippen molar-refractivity contribution >= 4 is 5.78 Å². The third kappa shape index (κ3) is 4.61. The molecule has 0 aromatic heterocycles. The molecule has 4 heteroatoms. The first-order chi connectivity index (χ1) is 9.62. The van der Waals surface area contributed by atoms with Gasteiger partial charge in [-0.3, -0.25) is 4.79 Å². The number of hydrogen-bond donors (Lipinski definition) is 0. The molecule has 0 aliphatic carbocycles. The molecule has 0 spiro atoms. The molecule has 0 saturated heterocycles. The van der Waals surface area contributed by atoms with Crippen LogP contribution in [0.5, 0.6) is 11.5 Å². The lowest BCUT2D eigenvalue weighted by Gasteiger charge is -2.09. The van der Waals surface area contributed by atoms with Gasteiger partial charge in [-0.1, -0.05) is 6.58 Å². The predicted molar refractivity (Wildman–Crippen MR) is 78.5 cm³/mol. The molecule has 0 atom stereocenters. The number of allylic oxidation sites excluding steroid dienone is 1. The van der Waals surface area contributed by atoms with Gasteiger partial charge in [0.2, 0.25) is 0 Å². The van der Waals surface area contributed by atoms with Crippen molar-refractivity contribution in [3.63, 3.8) is 0 Å². The van der Waals surface area contributed by atoms with E-state index in [1.165, 1.54) is 0 Å². The van der Waals surface area contributed by atoms with E-state index in [1.807, 2.05) is 0 Å². The van der Waals surface area contributed by atoms with Crippen LogP contribution in [0.4, 0.5) is 0 Å². The van der Waals surface area contributed by atoms with Gasteiger partial charge in [0.05, 0.1) is 32.7 Å². The Morgan fingerprint density at radius 3 is 2.40 bits per heavy atom. The maximum atomic E-state index is 12.2. The lowest BCUT2D eigenvalue weighted by molar-refractivity contribution is 0.0975. The van der Waals surface area contributed by atoms with Crippen molar-refractivity contribution in [1.29, 1.82) is 0 Å². The monoisotopic (exact) mass is 278 g/mol. The lowest BCUT2D eigenvalue weighted by atomic mass is 10.0. The van der Waals surface area contributed by atoms with Crippen LogP contribution in [0.15, 0.2) is 30.5 Å². The SMILES string of the molecule is C=C(CCCCC(=O)c1cc(OC)ccc1OC)OC. The van der Waals surface area contributed by atoms with Gasteiger partial charge in [0.1, 0.15) is 11.5 Å². The topological polar surface area (TPSA) is 44.8 Å². The number of ketones is 1. The first-order valence-corrected chi connectivity index (χ1v) is 6.59. The molecule has 0 aliphatic rings. The molecule has 0 bridgehead atoms. The van der Waals surface area contributed by atoms with Gasteiger partial charge in [0.25, 0.3) is 0 Å². The fourth-order valence-corrected chi connectivity index (χ4v) is 1.88. The van der Waals surface area contributed by atoms with Gasteiger partial charge in [0.15, 0.2) is 5.78 Å². The van der Waals surface area contributed by atoms with E-state index in [9.17, 15) is 4.79 Å². The van der Waals surface area contributed by atoms with Gasteiger partial charge in [-0.25, -0.2) is 0 Å². The van der Waals surface area contributed by atoms with Gasteiger partial charge >= 0.3 is 0 Å². The second-order valence-corrected chi connectivity index (χ2v) is 4.44. The Balaban J connectivity index is 2.60. The largest absolute Gasteiger partial charge is 0.502 e. The van der Waals surface area contributed by atoms with Crippen LogP contribution in [0.25, 0.3) is 0 Å². The van der Waals surface area contributed by atoms with E-state index in [1.54, 1.807) is 39.5 Å². The molecule has 0 radical (unpaired) electrons. The molecule has 0 N–H and O–H groups in total. The van der Waals surface area contributed by atoms with Crippen LogP contribution >= 0.6 is 0 Å². The van der Waals surface area contributed by atoms with E-state index in [0.717, 1.165) is 25.0 Å². The molecule has 1 aromatic rings. The zero-order chi connectivity index (χ0) is 15.0. The number of rotatable bonds is 9. The highest BCUT2D eigenvalue weighted by atomic mass is 16.5. The zero-order valence-corrected chi connectivity index (χ0v) is 12.4. The van der Waals surface area contributed by atoms with Crippen molar-refractivity contribution in [3.8, 4) is 11.5 Å². The number of benzene rings is 1. The van der Waals surface area contributed by atoms with Crippen molar-refractivity contribution in [2.24, 2.45) is 0 Å². The minimum atomic E-state index is 0.0591. The summed E-state index contributed by atoms with van der Waals surface area (Å²) in [7, 11) is 4.74. The second-order valence-electron chi connectivity index (χ2n) is 4.44. The zero-order valence-electron chi connectivity index (χ0n) is 12.4. The summed E-state index contributed by atoms with van der Waals surface area (Å²) < 4.78 is 15.4. The molecule has 1 aromatic carbocycles. The normalized spacial score (nSPS) is 9.95. The van der Waals surface area contributed by atoms with Crippen LogP contribution in [0.1, 0.15) is 36.0 Å². The third-order valence-corrected chi connectivity index (χ3v) is 3.11. The highest BCUT2D eigenvalue weighted by Crippen LogP contribution is 2.25. The summed E-state index contributed by atoms with van der Waals surface area (Å²) in [6.45, 7) is 3.75. The summed E-state index contributed by atoms with van der Waals surface area (Å²) in [5, 5.41) is 0. The highest BCUT2D eigenvalue weighted by Gasteiger charge is 2.13. The Labute approximate surface area is 120 Å². The summed E-state index contributed by atoms with van der Waals surface area (Å²) in [5.41, 5.74) is 0.567. The number of unbranched alkanes of at least 4 members (excludes halogenated alkanes) is 1. The minimum absolute atomic E-state index is 0.0591. The molecule has 1 rings (SSSR count). The molecule has 0 amide bonds. The molecule has 0 heterocycles. The van der Waals surface area contributed by atoms with Crippen molar-refractivity contribution < 1.29 is 19.0 Å². The summed E-state index contributed by atoms with van der Waals surface area (Å²) >= 11 is 0. The first-order valence-electron chi connectivity index (χ1n) is 6.59. The van der Waals surface area contributed by atoms with Gasteiger partial charge < -0.3 is 14.2 Å². The number of carbonyl (C=O) groups excluding carboxylic acids is 1. The summed E-state index contributed by atoms with van der Waals surface area (Å²) in [4.78, 5) is 12.2. The third-order valence-electron chi connectivity index (χ3n) is 3.11. The molecule has 20 heavy (non-hydrogen) atoms. The summed E-state index contributed by atoms with van der Waals surface area (Å²) in [5.74, 6) is 2.04. The second kappa shape index (κ2) is 8.25. The average Bonchev–Trinajstić information content (AvgIpc) is 2.50. The molecular weight excluding hydrogens is 256 g/mol. The number of carbonyl (C=O) groups is 1. The van der Waals surface area contributed by atoms with Gasteiger partial charge in [-0.05, 0) is 31.0 Å². The van der Waals surface area contributed by atoms with Crippen molar-refractivity contribution in [2.75, 3.05) is 21.3 Å². The van der Waals surface area contributed by atoms with Crippen molar-refractivity contribution in [2.45, 2.75) is 25.7 Å². The Hall–Kier alpha value is -1.97. The van der Waals surface area contributed by atoms with Gasteiger partial charge in [0, 0.05) is 12.8 Å². The van der Waals surface area contributed by atoms with Crippen LogP contribution in [0, 0.1) is 0 Å². The summed E-state index contributed by atoms with van der Waals surface area (Å²) in [6.07, 6.45) is 2.92. The van der Waals surface area contributed by atoms with Crippen LogP contribution in [0.3, 0.4) is 0 Å². The average molecular weight is 278 g/mol. The predicted octanol–water partition coefficient (Wildman–Crippen LogP) is 3.61. The molecule has 0 fully saturated rings. The molecule has 0 aliphatic heterocycles. The lowest BCUT2D eigenvalue weighted by Crippen LogP contribution is -2.03. The van der Waals surface area contributed by atoms with Gasteiger partial charge in [-0.2, -0.15) is 0 Å². The Kier molecular flexibility index (Phi) is 6.64. The van der Waals surface area contributed by atoms with E-state index >= 15 is 0 Å². The fraction of sp³-hybridized carbons (Fsp3) is 0.438. The van der Waals surface area contributed by atoms with Crippen LogP contribution in [-0.2, 0) is 4.74 Å². The summed E-state index contributed by atoms with van der Waals surface area (Å²) in [6, 6.07) is 5.24. The number of ether oxygens (including phenoxy) is 3. The number of methoxy groups -OCH3 is 3. The minimum Gasteiger partial charge on any atom is -0.502 e. The maximum absolute atomic E-state index is 12.2. The highest BCUT2D eigenvalue weighted by molar-refractivity contribution is 5.99. The van der Waals surface area contributed by atoms with E-state index in [2.05, 4.69) is 6.58 Å². The number of Topliss-reactive ketones (excluding diaryl/α,β-unsaturated/α-hetero) is 1.